The first-order valence-electron chi connectivity index (χ1n) is 7.37. The number of carbonyl (C=O) groups excluding carboxylic acids is 1. The minimum absolute atomic E-state index is 0.116. The highest BCUT2D eigenvalue weighted by Crippen LogP contribution is 2.28. The molecular weight excluding hydrogens is 300 g/mol. The van der Waals surface area contributed by atoms with E-state index in [1.165, 1.54) is 17.8 Å². The Morgan fingerprint density at radius 1 is 1.18 bits per heavy atom. The number of nitrogens with zero attached hydrogens (tertiary/aromatic N) is 1. The Kier molecular flexibility index (Phi) is 4.29. The average molecular weight is 317 g/mol. The summed E-state index contributed by atoms with van der Waals surface area (Å²) in [6.45, 7) is 1.31. The molecule has 5 heteroatoms. The van der Waals surface area contributed by atoms with Crippen molar-refractivity contribution in [2.75, 3.05) is 13.1 Å². The van der Waals surface area contributed by atoms with Crippen LogP contribution in [0, 0.1) is 0 Å². The molecule has 4 nitrogen and oxygen atoms in total. The summed E-state index contributed by atoms with van der Waals surface area (Å²) in [7, 11) is 0. The SMILES string of the molecule is O=C(c1cc(Cl)c[nH]c1=O)N1CCC(c2ccccc2)CC1. The highest BCUT2D eigenvalue weighted by molar-refractivity contribution is 6.30. The van der Waals surface area contributed by atoms with E-state index in [1.807, 2.05) is 18.2 Å². The molecule has 0 bridgehead atoms. The van der Waals surface area contributed by atoms with Crippen molar-refractivity contribution in [3.8, 4) is 0 Å². The van der Waals surface area contributed by atoms with Crippen LogP contribution in [0.5, 0.6) is 0 Å². The van der Waals surface area contributed by atoms with Gasteiger partial charge in [0, 0.05) is 19.3 Å². The molecule has 22 heavy (non-hydrogen) atoms. The molecule has 1 N–H and O–H groups in total. The number of aromatic nitrogens is 1. The summed E-state index contributed by atoms with van der Waals surface area (Å²) in [4.78, 5) is 28.5. The minimum Gasteiger partial charge on any atom is -0.338 e. The number of pyridine rings is 1. The second-order valence-corrected chi connectivity index (χ2v) is 5.97. The van der Waals surface area contributed by atoms with Crippen molar-refractivity contribution < 1.29 is 4.79 Å². The predicted octanol–water partition coefficient (Wildman–Crippen LogP) is 3.05. The summed E-state index contributed by atoms with van der Waals surface area (Å²) in [6, 6.07) is 11.8. The quantitative estimate of drug-likeness (QED) is 0.926. The van der Waals surface area contributed by atoms with Crippen molar-refractivity contribution >= 4 is 17.5 Å². The number of H-pyrrole nitrogens is 1. The Morgan fingerprint density at radius 3 is 2.55 bits per heavy atom. The molecule has 1 amide bonds. The van der Waals surface area contributed by atoms with E-state index in [-0.39, 0.29) is 17.0 Å². The Morgan fingerprint density at radius 2 is 1.86 bits per heavy atom. The molecule has 0 saturated carbocycles. The van der Waals surface area contributed by atoms with Crippen LogP contribution in [-0.4, -0.2) is 28.9 Å². The standard InChI is InChI=1S/C17H17ClN2O2/c18-14-10-15(16(21)19-11-14)17(22)20-8-6-13(7-9-20)12-4-2-1-3-5-12/h1-5,10-11,13H,6-9H2,(H,19,21). The molecule has 0 atom stereocenters. The van der Waals surface area contributed by atoms with E-state index in [2.05, 4.69) is 17.1 Å². The molecule has 0 unspecified atom stereocenters. The third-order valence-corrected chi connectivity index (χ3v) is 4.37. The fourth-order valence-corrected chi connectivity index (χ4v) is 3.09. The molecule has 1 aliphatic rings. The fraction of sp³-hybridized carbons (Fsp3) is 0.294. The third-order valence-electron chi connectivity index (χ3n) is 4.15. The molecule has 0 spiro atoms. The van der Waals surface area contributed by atoms with Crippen molar-refractivity contribution in [3.63, 3.8) is 0 Å². The molecule has 1 aromatic heterocycles. The normalized spacial score (nSPS) is 15.8. The Bertz CT molecular complexity index is 719. The molecule has 2 aromatic rings. The first kappa shape index (κ1) is 14.9. The van der Waals surface area contributed by atoms with Crippen molar-refractivity contribution in [1.82, 2.24) is 9.88 Å². The van der Waals surface area contributed by atoms with E-state index >= 15 is 0 Å². The fourth-order valence-electron chi connectivity index (χ4n) is 2.93. The number of amides is 1. The monoisotopic (exact) mass is 316 g/mol. The van der Waals surface area contributed by atoms with Crippen LogP contribution < -0.4 is 5.56 Å². The molecule has 1 aliphatic heterocycles. The number of likely N-dealkylation sites (tertiary alicyclic amines) is 1. The smallest absolute Gasteiger partial charge is 0.260 e. The van der Waals surface area contributed by atoms with E-state index in [1.54, 1.807) is 4.90 Å². The van der Waals surface area contributed by atoms with Crippen LogP contribution in [-0.2, 0) is 0 Å². The van der Waals surface area contributed by atoms with Crippen molar-refractivity contribution in [1.29, 1.82) is 0 Å². The van der Waals surface area contributed by atoms with Gasteiger partial charge in [-0.15, -0.1) is 0 Å². The first-order chi connectivity index (χ1) is 10.6. The first-order valence-corrected chi connectivity index (χ1v) is 7.75. The number of hydrogen-bond acceptors (Lipinski definition) is 2. The molecule has 2 heterocycles. The number of carbonyl (C=O) groups is 1. The zero-order valence-electron chi connectivity index (χ0n) is 12.1. The largest absolute Gasteiger partial charge is 0.338 e. The molecule has 0 aliphatic carbocycles. The number of rotatable bonds is 2. The van der Waals surface area contributed by atoms with E-state index in [9.17, 15) is 9.59 Å². The van der Waals surface area contributed by atoms with E-state index in [0.717, 1.165) is 12.8 Å². The highest BCUT2D eigenvalue weighted by Gasteiger charge is 2.25. The topological polar surface area (TPSA) is 53.2 Å². The van der Waals surface area contributed by atoms with Crippen LogP contribution >= 0.6 is 11.6 Å². The van der Waals surface area contributed by atoms with Crippen LogP contribution in [0.2, 0.25) is 5.02 Å². The summed E-state index contributed by atoms with van der Waals surface area (Å²) in [5, 5.41) is 0.363. The van der Waals surface area contributed by atoms with Crippen LogP contribution in [0.3, 0.4) is 0 Å². The van der Waals surface area contributed by atoms with Gasteiger partial charge in [-0.3, -0.25) is 9.59 Å². The van der Waals surface area contributed by atoms with Crippen LogP contribution in [0.25, 0.3) is 0 Å². The summed E-state index contributed by atoms with van der Waals surface area (Å²) in [5.41, 5.74) is 1.04. The predicted molar refractivity (Wildman–Crippen MR) is 86.4 cm³/mol. The number of halogens is 1. The van der Waals surface area contributed by atoms with Crippen LogP contribution in [0.15, 0.2) is 47.4 Å². The number of nitrogens with one attached hydrogen (secondary N) is 1. The Hall–Kier alpha value is -2.07. The van der Waals surface area contributed by atoms with Gasteiger partial charge in [-0.25, -0.2) is 0 Å². The molecule has 3 rings (SSSR count). The number of piperidine rings is 1. The van der Waals surface area contributed by atoms with Gasteiger partial charge in [0.1, 0.15) is 5.56 Å². The summed E-state index contributed by atoms with van der Waals surface area (Å²) >= 11 is 5.86. The summed E-state index contributed by atoms with van der Waals surface area (Å²) < 4.78 is 0. The van der Waals surface area contributed by atoms with Gasteiger partial charge in [0.05, 0.1) is 5.02 Å². The maximum atomic E-state index is 12.5. The van der Waals surface area contributed by atoms with Gasteiger partial charge in [0.15, 0.2) is 0 Å². The lowest BCUT2D eigenvalue weighted by atomic mass is 9.89. The lowest BCUT2D eigenvalue weighted by Crippen LogP contribution is -2.40. The maximum absolute atomic E-state index is 12.5. The number of benzene rings is 1. The molecule has 1 saturated heterocycles. The van der Waals surface area contributed by atoms with Gasteiger partial charge >= 0.3 is 0 Å². The van der Waals surface area contributed by atoms with E-state index < -0.39 is 0 Å². The Labute approximate surface area is 133 Å². The van der Waals surface area contributed by atoms with Crippen molar-refractivity contribution in [2.24, 2.45) is 0 Å². The van der Waals surface area contributed by atoms with Crippen molar-refractivity contribution in [3.05, 3.63) is 69.1 Å². The van der Waals surface area contributed by atoms with Crippen molar-refractivity contribution in [2.45, 2.75) is 18.8 Å². The second kappa shape index (κ2) is 6.36. The van der Waals surface area contributed by atoms with Gasteiger partial charge in [-0.1, -0.05) is 41.9 Å². The van der Waals surface area contributed by atoms with Gasteiger partial charge in [0.2, 0.25) is 0 Å². The molecule has 114 valence electrons. The third kappa shape index (κ3) is 3.07. The van der Waals surface area contributed by atoms with E-state index in [0.29, 0.717) is 24.0 Å². The lowest BCUT2D eigenvalue weighted by Gasteiger charge is -2.32. The van der Waals surface area contributed by atoms with Crippen LogP contribution in [0.1, 0.15) is 34.7 Å². The Balaban J connectivity index is 1.70. The summed E-state index contributed by atoms with van der Waals surface area (Å²) in [5.74, 6) is 0.234. The summed E-state index contributed by atoms with van der Waals surface area (Å²) in [6.07, 6.45) is 3.21. The van der Waals surface area contributed by atoms with Gasteiger partial charge in [-0.2, -0.15) is 0 Å². The zero-order chi connectivity index (χ0) is 15.5. The second-order valence-electron chi connectivity index (χ2n) is 5.54. The zero-order valence-corrected chi connectivity index (χ0v) is 12.8. The average Bonchev–Trinajstić information content (AvgIpc) is 2.57. The molecule has 1 fully saturated rings. The maximum Gasteiger partial charge on any atom is 0.260 e. The van der Waals surface area contributed by atoms with Gasteiger partial charge in [0.25, 0.3) is 11.5 Å². The molecule has 1 aromatic carbocycles. The van der Waals surface area contributed by atoms with Gasteiger partial charge in [-0.05, 0) is 30.4 Å². The lowest BCUT2D eigenvalue weighted by molar-refractivity contribution is 0.0711. The number of aromatic amines is 1. The number of hydrogen-bond donors (Lipinski definition) is 1. The minimum atomic E-state index is -0.389. The van der Waals surface area contributed by atoms with Gasteiger partial charge < -0.3 is 9.88 Å². The molecular formula is C17H17ClN2O2. The highest BCUT2D eigenvalue weighted by atomic mass is 35.5. The van der Waals surface area contributed by atoms with Crippen LogP contribution in [0.4, 0.5) is 0 Å². The molecule has 0 radical (unpaired) electrons. The van der Waals surface area contributed by atoms with E-state index in [4.69, 9.17) is 11.6 Å².